The molecule has 2 rings (SSSR count). The van der Waals surface area contributed by atoms with Crippen molar-refractivity contribution in [2.45, 2.75) is 13.0 Å². The van der Waals surface area contributed by atoms with Gasteiger partial charge >= 0.3 is 0 Å². The molecule has 4 nitrogen and oxygen atoms in total. The number of ether oxygens (including phenoxy) is 1. The summed E-state index contributed by atoms with van der Waals surface area (Å²) in [6, 6.07) is 0. The van der Waals surface area contributed by atoms with Crippen molar-refractivity contribution in [3.8, 4) is 0 Å². The third kappa shape index (κ3) is 2.03. The second-order valence-corrected chi connectivity index (χ2v) is 4.19. The Morgan fingerprint density at radius 1 is 1.69 bits per heavy atom. The first-order valence-electron chi connectivity index (χ1n) is 4.09. The highest BCUT2D eigenvalue weighted by Gasteiger charge is 2.18. The number of aromatic nitrogens is 3. The predicted molar refractivity (Wildman–Crippen MR) is 51.7 cm³/mol. The molecule has 1 atom stereocenters. The van der Waals surface area contributed by atoms with Crippen molar-refractivity contribution >= 4 is 27.5 Å². The Labute approximate surface area is 89.3 Å². The molecule has 0 amide bonds. The molecule has 72 valence electrons. The van der Waals surface area contributed by atoms with Crippen molar-refractivity contribution in [2.75, 3.05) is 13.2 Å². The molecule has 0 saturated carbocycles. The van der Waals surface area contributed by atoms with Crippen LogP contribution in [0.4, 0.5) is 0 Å². The maximum Gasteiger partial charge on any atom is 0.167 e. The van der Waals surface area contributed by atoms with Gasteiger partial charge in [-0.25, -0.2) is 4.68 Å². The number of hydrogen-bond donors (Lipinski definition) is 0. The lowest BCUT2D eigenvalue weighted by molar-refractivity contribution is 0.181. The van der Waals surface area contributed by atoms with Crippen LogP contribution in [0.1, 0.15) is 6.42 Å². The van der Waals surface area contributed by atoms with Crippen LogP contribution in [0.25, 0.3) is 0 Å². The zero-order valence-electron chi connectivity index (χ0n) is 6.91. The molecule has 1 aliphatic heterocycles. The Bertz CT molecular complexity index is 298. The van der Waals surface area contributed by atoms with E-state index in [4.69, 9.17) is 16.3 Å². The number of halogens is 2. The molecular formula is C7H9BrClN3O. The number of rotatable bonds is 2. The summed E-state index contributed by atoms with van der Waals surface area (Å²) < 4.78 is 7.56. The minimum Gasteiger partial charge on any atom is -0.381 e. The summed E-state index contributed by atoms with van der Waals surface area (Å²) in [7, 11) is 0. The van der Waals surface area contributed by atoms with Crippen molar-refractivity contribution in [3.63, 3.8) is 0 Å². The molecule has 0 N–H and O–H groups in total. The highest BCUT2D eigenvalue weighted by atomic mass is 79.9. The van der Waals surface area contributed by atoms with Gasteiger partial charge < -0.3 is 4.74 Å². The molecule has 1 saturated heterocycles. The van der Waals surface area contributed by atoms with E-state index >= 15 is 0 Å². The fourth-order valence-electron chi connectivity index (χ4n) is 1.37. The fourth-order valence-corrected chi connectivity index (χ4v) is 1.79. The van der Waals surface area contributed by atoms with Gasteiger partial charge in [-0.15, -0.1) is 5.10 Å². The first kappa shape index (κ1) is 9.43. The first-order chi connectivity index (χ1) is 6.27. The third-order valence-corrected chi connectivity index (χ3v) is 3.23. The molecule has 2 heterocycles. The van der Waals surface area contributed by atoms with Crippen LogP contribution in [0, 0.1) is 5.92 Å². The first-order valence-corrected chi connectivity index (χ1v) is 5.26. The van der Waals surface area contributed by atoms with E-state index in [0.29, 0.717) is 15.7 Å². The highest BCUT2D eigenvalue weighted by molar-refractivity contribution is 9.10. The summed E-state index contributed by atoms with van der Waals surface area (Å²) in [6.07, 6.45) is 1.08. The molecule has 1 fully saturated rings. The lowest BCUT2D eigenvalue weighted by Gasteiger charge is -2.06. The molecule has 0 aromatic carbocycles. The molecule has 1 aromatic heterocycles. The van der Waals surface area contributed by atoms with E-state index in [-0.39, 0.29) is 0 Å². The van der Waals surface area contributed by atoms with Gasteiger partial charge in [0.2, 0.25) is 0 Å². The summed E-state index contributed by atoms with van der Waals surface area (Å²) >= 11 is 9.15. The summed E-state index contributed by atoms with van der Waals surface area (Å²) in [5, 5.41) is 8.29. The minimum atomic E-state index is 0.520. The van der Waals surface area contributed by atoms with Gasteiger partial charge in [-0.1, -0.05) is 16.8 Å². The van der Waals surface area contributed by atoms with E-state index in [2.05, 4.69) is 26.2 Å². The van der Waals surface area contributed by atoms with Gasteiger partial charge in [0.1, 0.15) is 0 Å². The van der Waals surface area contributed by atoms with Crippen LogP contribution in [0.5, 0.6) is 0 Å². The van der Waals surface area contributed by atoms with E-state index in [1.54, 1.807) is 4.68 Å². The van der Waals surface area contributed by atoms with Crippen molar-refractivity contribution in [1.82, 2.24) is 15.0 Å². The molecule has 1 unspecified atom stereocenters. The molecule has 0 bridgehead atoms. The lowest BCUT2D eigenvalue weighted by Crippen LogP contribution is -2.11. The summed E-state index contributed by atoms with van der Waals surface area (Å²) in [6.45, 7) is 2.43. The quantitative estimate of drug-likeness (QED) is 0.818. The Balaban J connectivity index is 2.04. The van der Waals surface area contributed by atoms with E-state index in [1.165, 1.54) is 0 Å². The monoisotopic (exact) mass is 265 g/mol. The van der Waals surface area contributed by atoms with Gasteiger partial charge in [-0.05, 0) is 22.4 Å². The largest absolute Gasteiger partial charge is 0.381 e. The van der Waals surface area contributed by atoms with Crippen LogP contribution in [0.15, 0.2) is 4.60 Å². The smallest absolute Gasteiger partial charge is 0.167 e. The average Bonchev–Trinajstić information content (AvgIpc) is 2.71. The zero-order chi connectivity index (χ0) is 9.26. The molecule has 6 heteroatoms. The SMILES string of the molecule is Clc1c(Br)nnn1CC1CCOC1. The van der Waals surface area contributed by atoms with Gasteiger partial charge in [0.25, 0.3) is 0 Å². The molecule has 0 radical (unpaired) electrons. The fraction of sp³-hybridized carbons (Fsp3) is 0.714. The van der Waals surface area contributed by atoms with Crippen LogP contribution in [0.3, 0.4) is 0 Å². The van der Waals surface area contributed by atoms with Crippen LogP contribution >= 0.6 is 27.5 Å². The normalized spacial score (nSPS) is 22.5. The minimum absolute atomic E-state index is 0.520. The van der Waals surface area contributed by atoms with Crippen LogP contribution in [-0.4, -0.2) is 28.2 Å². The van der Waals surface area contributed by atoms with Crippen LogP contribution < -0.4 is 0 Å². The van der Waals surface area contributed by atoms with E-state index in [9.17, 15) is 0 Å². The molecule has 0 aliphatic carbocycles. The van der Waals surface area contributed by atoms with Gasteiger partial charge in [0.15, 0.2) is 9.76 Å². The zero-order valence-corrected chi connectivity index (χ0v) is 9.25. The molecule has 1 aliphatic rings. The summed E-state index contributed by atoms with van der Waals surface area (Å²) in [5.74, 6) is 0.520. The van der Waals surface area contributed by atoms with Crippen LogP contribution in [-0.2, 0) is 11.3 Å². The average molecular weight is 267 g/mol. The van der Waals surface area contributed by atoms with E-state index < -0.39 is 0 Å². The maximum atomic E-state index is 5.94. The van der Waals surface area contributed by atoms with E-state index in [1.807, 2.05) is 0 Å². The highest BCUT2D eigenvalue weighted by Crippen LogP contribution is 2.21. The summed E-state index contributed by atoms with van der Waals surface area (Å²) in [4.78, 5) is 0. The van der Waals surface area contributed by atoms with Gasteiger partial charge in [0.05, 0.1) is 6.61 Å². The summed E-state index contributed by atoms with van der Waals surface area (Å²) in [5.41, 5.74) is 0. The number of nitrogens with zero attached hydrogens (tertiary/aromatic N) is 3. The van der Waals surface area contributed by atoms with E-state index in [0.717, 1.165) is 26.2 Å². The molecule has 1 aromatic rings. The van der Waals surface area contributed by atoms with Gasteiger partial charge in [-0.2, -0.15) is 0 Å². The molecule has 0 spiro atoms. The second kappa shape index (κ2) is 3.94. The third-order valence-electron chi connectivity index (χ3n) is 2.09. The van der Waals surface area contributed by atoms with Crippen molar-refractivity contribution in [3.05, 3.63) is 9.76 Å². The standard InChI is InChI=1S/C7H9BrClN3O/c8-6-7(9)12(11-10-6)3-5-1-2-13-4-5/h5H,1-4H2. The van der Waals surface area contributed by atoms with Gasteiger partial charge in [0, 0.05) is 19.1 Å². The van der Waals surface area contributed by atoms with Crippen molar-refractivity contribution in [1.29, 1.82) is 0 Å². The Kier molecular flexibility index (Phi) is 2.86. The Morgan fingerprint density at radius 2 is 2.54 bits per heavy atom. The van der Waals surface area contributed by atoms with Gasteiger partial charge in [-0.3, -0.25) is 0 Å². The lowest BCUT2D eigenvalue weighted by atomic mass is 10.1. The topological polar surface area (TPSA) is 39.9 Å². The predicted octanol–water partition coefficient (Wildman–Crippen LogP) is 1.73. The Morgan fingerprint density at radius 3 is 3.08 bits per heavy atom. The Hall–Kier alpha value is -0.130. The maximum absolute atomic E-state index is 5.94. The van der Waals surface area contributed by atoms with Crippen molar-refractivity contribution in [2.24, 2.45) is 5.92 Å². The molecule has 13 heavy (non-hydrogen) atoms. The second-order valence-electron chi connectivity index (χ2n) is 3.08. The molecular weight excluding hydrogens is 257 g/mol. The van der Waals surface area contributed by atoms with Crippen LogP contribution in [0.2, 0.25) is 5.15 Å². The number of hydrogen-bond acceptors (Lipinski definition) is 3. The van der Waals surface area contributed by atoms with Crippen molar-refractivity contribution < 1.29 is 4.74 Å².